The largest absolute Gasteiger partial charge is 0.351 e. The zero-order valence-electron chi connectivity index (χ0n) is 17.5. The van der Waals surface area contributed by atoms with Crippen LogP contribution in [0, 0.1) is 0 Å². The molecule has 0 spiro atoms. The molecule has 7 nitrogen and oxygen atoms in total. The van der Waals surface area contributed by atoms with Crippen molar-refractivity contribution in [1.29, 1.82) is 0 Å². The molecule has 0 saturated heterocycles. The third-order valence-electron chi connectivity index (χ3n) is 5.99. The van der Waals surface area contributed by atoms with Crippen LogP contribution in [0.4, 0.5) is 5.95 Å². The molecule has 31 heavy (non-hydrogen) atoms. The zero-order valence-corrected chi connectivity index (χ0v) is 17.5. The Labute approximate surface area is 181 Å². The van der Waals surface area contributed by atoms with Crippen LogP contribution in [-0.4, -0.2) is 37.2 Å². The first-order chi connectivity index (χ1) is 15.2. The SMILES string of the molecule is NC1CCC(Nc2ncc3c(-c4cccc(CCc5ccccc5)n4)[nH]nc3n2)CC1. The number of nitrogens with two attached hydrogens (primary N) is 1. The number of fused-ring (bicyclic) bond motifs is 1. The molecule has 0 radical (unpaired) electrons. The van der Waals surface area contributed by atoms with Gasteiger partial charge < -0.3 is 11.1 Å². The number of nitrogens with one attached hydrogen (secondary N) is 2. The third-order valence-corrected chi connectivity index (χ3v) is 5.99. The number of aromatic nitrogens is 5. The van der Waals surface area contributed by atoms with Gasteiger partial charge in [0.15, 0.2) is 5.65 Å². The first kappa shape index (κ1) is 19.6. The quantitative estimate of drug-likeness (QED) is 0.443. The molecule has 0 atom stereocenters. The van der Waals surface area contributed by atoms with Gasteiger partial charge in [0.05, 0.1) is 16.8 Å². The molecule has 5 rings (SSSR count). The van der Waals surface area contributed by atoms with Crippen molar-refractivity contribution in [2.45, 2.75) is 50.6 Å². The molecule has 3 aromatic heterocycles. The minimum absolute atomic E-state index is 0.325. The first-order valence-electron chi connectivity index (χ1n) is 11.0. The fourth-order valence-electron chi connectivity index (χ4n) is 4.19. The number of rotatable bonds is 6. The molecule has 158 valence electrons. The summed E-state index contributed by atoms with van der Waals surface area (Å²) in [5.74, 6) is 0.621. The number of nitrogens with zero attached hydrogens (tertiary/aromatic N) is 4. The fraction of sp³-hybridized carbons (Fsp3) is 0.333. The molecule has 4 aromatic rings. The molecule has 0 unspecified atom stereocenters. The normalized spacial score (nSPS) is 18.9. The maximum atomic E-state index is 6.00. The second-order valence-electron chi connectivity index (χ2n) is 8.29. The number of hydrogen-bond donors (Lipinski definition) is 3. The molecule has 1 fully saturated rings. The molecule has 0 aliphatic heterocycles. The van der Waals surface area contributed by atoms with Crippen molar-refractivity contribution in [1.82, 2.24) is 25.1 Å². The molecule has 1 aliphatic rings. The molecular weight excluding hydrogens is 386 g/mol. The predicted molar refractivity (Wildman–Crippen MR) is 123 cm³/mol. The van der Waals surface area contributed by atoms with Gasteiger partial charge in [-0.25, -0.2) is 4.98 Å². The first-order valence-corrected chi connectivity index (χ1v) is 11.0. The average Bonchev–Trinajstić information content (AvgIpc) is 3.23. The van der Waals surface area contributed by atoms with Crippen molar-refractivity contribution in [3.63, 3.8) is 0 Å². The maximum Gasteiger partial charge on any atom is 0.224 e. The van der Waals surface area contributed by atoms with Crippen molar-refractivity contribution in [2.24, 2.45) is 5.73 Å². The van der Waals surface area contributed by atoms with Gasteiger partial charge >= 0.3 is 0 Å². The molecule has 1 aromatic carbocycles. The van der Waals surface area contributed by atoms with Crippen LogP contribution in [0.15, 0.2) is 54.7 Å². The van der Waals surface area contributed by atoms with E-state index < -0.39 is 0 Å². The molecule has 1 aliphatic carbocycles. The lowest BCUT2D eigenvalue weighted by atomic mass is 9.92. The van der Waals surface area contributed by atoms with Crippen molar-refractivity contribution in [3.05, 3.63) is 66.0 Å². The molecule has 0 amide bonds. The zero-order chi connectivity index (χ0) is 21.0. The number of pyridine rings is 1. The molecule has 3 heterocycles. The number of benzene rings is 1. The topological polar surface area (TPSA) is 105 Å². The monoisotopic (exact) mass is 413 g/mol. The number of H-pyrrole nitrogens is 1. The van der Waals surface area contributed by atoms with E-state index in [9.17, 15) is 0 Å². The summed E-state index contributed by atoms with van der Waals surface area (Å²) in [5, 5.41) is 11.8. The Balaban J connectivity index is 1.32. The van der Waals surface area contributed by atoms with Crippen LogP contribution in [-0.2, 0) is 12.8 Å². The van der Waals surface area contributed by atoms with Crippen LogP contribution in [0.25, 0.3) is 22.4 Å². The number of aryl methyl sites for hydroxylation is 2. The molecule has 1 saturated carbocycles. The number of aromatic amines is 1. The highest BCUT2D eigenvalue weighted by Gasteiger charge is 2.19. The van der Waals surface area contributed by atoms with Gasteiger partial charge in [-0.05, 0) is 56.2 Å². The van der Waals surface area contributed by atoms with Gasteiger partial charge in [-0.15, -0.1) is 0 Å². The Bertz CT molecular complexity index is 1150. The molecule has 4 N–H and O–H groups in total. The summed E-state index contributed by atoms with van der Waals surface area (Å²) < 4.78 is 0. The average molecular weight is 414 g/mol. The van der Waals surface area contributed by atoms with E-state index in [-0.39, 0.29) is 0 Å². The minimum Gasteiger partial charge on any atom is -0.351 e. The highest BCUT2D eigenvalue weighted by molar-refractivity contribution is 5.89. The predicted octanol–water partition coefficient (Wildman–Crippen LogP) is 3.88. The summed E-state index contributed by atoms with van der Waals surface area (Å²) in [6.45, 7) is 0. The van der Waals surface area contributed by atoms with Crippen molar-refractivity contribution in [3.8, 4) is 11.4 Å². The summed E-state index contributed by atoms with van der Waals surface area (Å²) in [6, 6.07) is 17.3. The van der Waals surface area contributed by atoms with Gasteiger partial charge in [0, 0.05) is 24.0 Å². The Morgan fingerprint density at radius 3 is 2.61 bits per heavy atom. The maximum absolute atomic E-state index is 6.00. The van der Waals surface area contributed by atoms with E-state index in [1.54, 1.807) is 0 Å². The van der Waals surface area contributed by atoms with Crippen LogP contribution in [0.1, 0.15) is 36.9 Å². The van der Waals surface area contributed by atoms with Gasteiger partial charge in [-0.1, -0.05) is 36.4 Å². The lowest BCUT2D eigenvalue weighted by Gasteiger charge is -2.26. The van der Waals surface area contributed by atoms with E-state index in [0.29, 0.717) is 23.7 Å². The Morgan fingerprint density at radius 2 is 1.77 bits per heavy atom. The van der Waals surface area contributed by atoms with Gasteiger partial charge in [-0.2, -0.15) is 10.1 Å². The lowest BCUT2D eigenvalue weighted by Crippen LogP contribution is -2.33. The second-order valence-corrected chi connectivity index (χ2v) is 8.29. The summed E-state index contributed by atoms with van der Waals surface area (Å²) >= 11 is 0. The van der Waals surface area contributed by atoms with Gasteiger partial charge in [0.2, 0.25) is 5.95 Å². The lowest BCUT2D eigenvalue weighted by molar-refractivity contribution is 0.410. The summed E-state index contributed by atoms with van der Waals surface area (Å²) in [4.78, 5) is 14.0. The smallest absolute Gasteiger partial charge is 0.224 e. The van der Waals surface area contributed by atoms with Gasteiger partial charge in [-0.3, -0.25) is 10.1 Å². The summed E-state index contributed by atoms with van der Waals surface area (Å²) in [5.41, 5.74) is 10.7. The number of hydrogen-bond acceptors (Lipinski definition) is 6. The third kappa shape index (κ3) is 4.56. The van der Waals surface area contributed by atoms with Crippen LogP contribution < -0.4 is 11.1 Å². The van der Waals surface area contributed by atoms with Gasteiger partial charge in [0.25, 0.3) is 0 Å². The van der Waals surface area contributed by atoms with Crippen molar-refractivity contribution in [2.75, 3.05) is 5.32 Å². The van der Waals surface area contributed by atoms with E-state index in [1.807, 2.05) is 24.4 Å². The molecule has 0 bridgehead atoms. The highest BCUT2D eigenvalue weighted by Crippen LogP contribution is 2.25. The highest BCUT2D eigenvalue weighted by atomic mass is 15.2. The van der Waals surface area contributed by atoms with Gasteiger partial charge in [0.1, 0.15) is 0 Å². The minimum atomic E-state index is 0.325. The number of anilines is 1. The van der Waals surface area contributed by atoms with E-state index in [0.717, 1.165) is 61.0 Å². The Hall–Kier alpha value is -3.32. The van der Waals surface area contributed by atoms with Crippen molar-refractivity contribution >= 4 is 17.0 Å². The molecule has 7 heteroatoms. The van der Waals surface area contributed by atoms with Crippen LogP contribution in [0.5, 0.6) is 0 Å². The summed E-state index contributed by atoms with van der Waals surface area (Å²) in [6.07, 6.45) is 7.86. The summed E-state index contributed by atoms with van der Waals surface area (Å²) in [7, 11) is 0. The van der Waals surface area contributed by atoms with Crippen LogP contribution in [0.3, 0.4) is 0 Å². The Morgan fingerprint density at radius 1 is 0.935 bits per heavy atom. The molecular formula is C24H27N7. The van der Waals surface area contributed by atoms with E-state index in [4.69, 9.17) is 10.7 Å². The Kier molecular flexibility index (Phi) is 5.58. The standard InChI is InChI=1S/C24H27N7/c25-17-10-13-19(14-11-17)28-24-26-15-20-22(30-31-23(20)29-24)21-8-4-7-18(27-21)12-9-16-5-2-1-3-6-16/h1-8,15,17,19H,9-14,25H2,(H2,26,28,29,30,31). The fourth-order valence-corrected chi connectivity index (χ4v) is 4.19. The van der Waals surface area contributed by atoms with Crippen LogP contribution in [0.2, 0.25) is 0 Å². The van der Waals surface area contributed by atoms with E-state index in [2.05, 4.69) is 55.8 Å². The van der Waals surface area contributed by atoms with E-state index >= 15 is 0 Å². The van der Waals surface area contributed by atoms with Crippen molar-refractivity contribution < 1.29 is 0 Å². The van der Waals surface area contributed by atoms with E-state index in [1.165, 1.54) is 5.56 Å². The van der Waals surface area contributed by atoms with Crippen LogP contribution >= 0.6 is 0 Å². The second kappa shape index (κ2) is 8.81.